The lowest BCUT2D eigenvalue weighted by atomic mass is 9.97. The molecule has 8 rings (SSSR count). The molecule has 2 heterocycles. The highest BCUT2D eigenvalue weighted by molar-refractivity contribution is 7.67. The maximum atomic E-state index is 14.1. The van der Waals surface area contributed by atoms with E-state index in [1.807, 2.05) is 66.1 Å². The van der Waals surface area contributed by atoms with Crippen LogP contribution >= 0.6 is 45.5 Å². The predicted octanol–water partition coefficient (Wildman–Crippen LogP) is 9.14. The van der Waals surface area contributed by atoms with Crippen molar-refractivity contribution in [3.05, 3.63) is 213 Å². The summed E-state index contributed by atoms with van der Waals surface area (Å²) >= 11 is 0. The van der Waals surface area contributed by atoms with Crippen molar-refractivity contribution < 1.29 is 42.9 Å². The Labute approximate surface area is 393 Å². The van der Waals surface area contributed by atoms with Crippen LogP contribution in [0.3, 0.4) is 0 Å². The van der Waals surface area contributed by atoms with Gasteiger partial charge in [-0.1, -0.05) is 103 Å². The molecule has 16 heteroatoms. The SMILES string of the molecule is Cc1cccc(-n2c(=Nc3ccccc3)ss/c2=N\[C@@H]2O[C@H](COC(=O)c3ccccc3)[C@@H](OC(=O)c3ccccc3)[C@H](OC(=O)c3ccccc3)[C@H]2OC(=O)c2ccccc2)c1.Cl.Cl. The number of carbonyl (C=O) groups excluding carboxylic acids is 4. The van der Waals surface area contributed by atoms with Crippen molar-refractivity contribution >= 4 is 75.1 Å². The van der Waals surface area contributed by atoms with Crippen molar-refractivity contribution in [2.24, 2.45) is 9.98 Å². The molecule has 7 aromatic rings. The van der Waals surface area contributed by atoms with Gasteiger partial charge in [0, 0.05) is 0 Å². The number of aromatic nitrogens is 1. The van der Waals surface area contributed by atoms with Crippen LogP contribution in [0.5, 0.6) is 0 Å². The van der Waals surface area contributed by atoms with Gasteiger partial charge in [0.05, 0.1) is 33.6 Å². The quantitative estimate of drug-likeness (QED) is 0.0666. The van der Waals surface area contributed by atoms with E-state index in [1.54, 1.807) is 121 Å². The topological polar surface area (TPSA) is 144 Å². The first-order valence-corrected chi connectivity index (χ1v) is 22.0. The number of rotatable bonds is 12. The average molecular weight is 951 g/mol. The van der Waals surface area contributed by atoms with Crippen molar-refractivity contribution in [1.29, 1.82) is 0 Å². The Morgan fingerprint density at radius 1 is 0.538 bits per heavy atom. The van der Waals surface area contributed by atoms with Crippen molar-refractivity contribution in [3.8, 4) is 5.69 Å². The highest BCUT2D eigenvalue weighted by Gasteiger charge is 2.53. The Kier molecular flexibility index (Phi) is 16.8. The van der Waals surface area contributed by atoms with Gasteiger partial charge >= 0.3 is 23.9 Å². The molecular formula is C49H41Cl2N3O9S2. The molecule has 0 radical (unpaired) electrons. The molecule has 1 fully saturated rings. The molecule has 0 N–H and O–H groups in total. The second kappa shape index (κ2) is 22.8. The number of carbonyl (C=O) groups is 4. The summed E-state index contributed by atoms with van der Waals surface area (Å²) in [7, 11) is 2.65. The number of ether oxygens (including phenoxy) is 5. The van der Waals surface area contributed by atoms with E-state index in [4.69, 9.17) is 33.7 Å². The highest BCUT2D eigenvalue weighted by Crippen LogP contribution is 2.32. The van der Waals surface area contributed by atoms with Gasteiger partial charge in [-0.05, 0) is 106 Å². The molecule has 0 amide bonds. The summed E-state index contributed by atoms with van der Waals surface area (Å²) in [5.41, 5.74) is 3.25. The van der Waals surface area contributed by atoms with Gasteiger partial charge in [0.25, 0.3) is 0 Å². The van der Waals surface area contributed by atoms with Gasteiger partial charge in [0.15, 0.2) is 24.5 Å². The Morgan fingerprint density at radius 2 is 0.985 bits per heavy atom. The highest BCUT2D eigenvalue weighted by atomic mass is 35.5. The number of benzene rings is 6. The van der Waals surface area contributed by atoms with Crippen LogP contribution in [0.4, 0.5) is 5.69 Å². The zero-order valence-electron chi connectivity index (χ0n) is 34.5. The minimum Gasteiger partial charge on any atom is -0.459 e. The van der Waals surface area contributed by atoms with Crippen LogP contribution in [0.15, 0.2) is 186 Å². The van der Waals surface area contributed by atoms with E-state index < -0.39 is 61.1 Å². The Hall–Kier alpha value is -6.68. The molecule has 6 aromatic carbocycles. The molecule has 332 valence electrons. The Bertz CT molecular complexity index is 2830. The van der Waals surface area contributed by atoms with Crippen LogP contribution < -0.4 is 9.60 Å². The Morgan fingerprint density at radius 3 is 1.49 bits per heavy atom. The lowest BCUT2D eigenvalue weighted by Gasteiger charge is -2.43. The first-order valence-electron chi connectivity index (χ1n) is 19.9. The summed E-state index contributed by atoms with van der Waals surface area (Å²) in [6.45, 7) is 1.49. The van der Waals surface area contributed by atoms with E-state index in [0.717, 1.165) is 11.3 Å². The monoisotopic (exact) mass is 949 g/mol. The van der Waals surface area contributed by atoms with Gasteiger partial charge in [-0.3, -0.25) is 4.57 Å². The zero-order chi connectivity index (χ0) is 43.5. The third-order valence-electron chi connectivity index (χ3n) is 9.81. The van der Waals surface area contributed by atoms with Crippen LogP contribution in [0.25, 0.3) is 5.69 Å². The summed E-state index contributed by atoms with van der Waals surface area (Å²) in [5, 5.41) is 0. The summed E-state index contributed by atoms with van der Waals surface area (Å²) in [5.74, 6) is -3.06. The first kappa shape index (κ1) is 47.8. The minimum absolute atomic E-state index is 0. The number of halogens is 2. The third kappa shape index (κ3) is 11.9. The van der Waals surface area contributed by atoms with Gasteiger partial charge in [0.2, 0.25) is 9.60 Å². The zero-order valence-corrected chi connectivity index (χ0v) is 37.8. The molecule has 0 aliphatic carbocycles. The van der Waals surface area contributed by atoms with Crippen molar-refractivity contribution in [1.82, 2.24) is 4.57 Å². The molecule has 1 aromatic heterocycles. The van der Waals surface area contributed by atoms with Gasteiger partial charge < -0.3 is 23.7 Å². The number of para-hydroxylation sites is 1. The van der Waals surface area contributed by atoms with E-state index in [0.29, 0.717) is 15.3 Å². The molecule has 65 heavy (non-hydrogen) atoms. The maximum absolute atomic E-state index is 14.1. The molecule has 0 spiro atoms. The van der Waals surface area contributed by atoms with Crippen LogP contribution in [0.1, 0.15) is 47.0 Å². The molecule has 12 nitrogen and oxygen atoms in total. The lowest BCUT2D eigenvalue weighted by Crippen LogP contribution is -2.62. The van der Waals surface area contributed by atoms with Gasteiger partial charge in [-0.25, -0.2) is 29.2 Å². The standard InChI is InChI=1S/C49H39N3O9S2.2ClH/c1-32-18-17-29-38(30-32)52-48(50-37-27-15-6-16-28-37)62-63-49(52)51-43-42(61-47(56)36-25-13-5-14-26-36)41(60-46(55)35-23-11-4-12-24-35)40(59-45(54)34-21-9-3-10-22-34)39(58-43)31-57-44(53)33-19-7-2-8-20-33;;/h2-30,39-43H,31H2,1H3;2*1H/b50-48?,51-49-;;/t39-,40-,41+,42-,43-;;/m1../s1. The average Bonchev–Trinajstić information content (AvgIpc) is 3.72. The van der Waals surface area contributed by atoms with Crippen LogP contribution in [0, 0.1) is 6.92 Å². The number of hydrogen-bond acceptors (Lipinski definition) is 13. The second-order valence-electron chi connectivity index (χ2n) is 14.2. The molecule has 5 atom stereocenters. The lowest BCUT2D eigenvalue weighted by molar-refractivity contribution is -0.227. The number of esters is 4. The Balaban J connectivity index is 0.00000350. The molecular weight excluding hydrogens is 910 g/mol. The summed E-state index contributed by atoms with van der Waals surface area (Å²) in [4.78, 5) is 66.6. The fourth-order valence-corrected chi connectivity index (χ4v) is 8.90. The van der Waals surface area contributed by atoms with Gasteiger partial charge in [0.1, 0.15) is 12.7 Å². The molecule has 1 aliphatic heterocycles. The normalized spacial score (nSPS) is 18.3. The van der Waals surface area contributed by atoms with Crippen molar-refractivity contribution in [2.45, 2.75) is 37.6 Å². The fraction of sp³-hybridized carbons (Fsp3) is 0.143. The molecule has 0 unspecified atom stereocenters. The summed E-state index contributed by atoms with van der Waals surface area (Å²) < 4.78 is 33.1. The van der Waals surface area contributed by atoms with Crippen molar-refractivity contribution in [3.63, 3.8) is 0 Å². The fourth-order valence-electron chi connectivity index (χ4n) is 6.74. The predicted molar refractivity (Wildman–Crippen MR) is 250 cm³/mol. The molecule has 0 bridgehead atoms. The number of hydrogen-bond donors (Lipinski definition) is 0. The van der Waals surface area contributed by atoms with E-state index in [1.165, 1.54) is 20.7 Å². The van der Waals surface area contributed by atoms with E-state index in [-0.39, 0.29) is 47.1 Å². The van der Waals surface area contributed by atoms with Crippen LogP contribution in [0.2, 0.25) is 0 Å². The molecule has 0 saturated carbocycles. The third-order valence-corrected chi connectivity index (χ3v) is 11.9. The van der Waals surface area contributed by atoms with E-state index in [9.17, 15) is 19.2 Å². The van der Waals surface area contributed by atoms with Crippen LogP contribution in [-0.2, 0) is 23.7 Å². The summed E-state index contributed by atoms with van der Waals surface area (Å²) in [6, 6.07) is 50.3. The largest absolute Gasteiger partial charge is 0.459 e. The maximum Gasteiger partial charge on any atom is 0.338 e. The van der Waals surface area contributed by atoms with Gasteiger partial charge in [-0.15, -0.1) is 24.8 Å². The summed E-state index contributed by atoms with van der Waals surface area (Å²) in [6.07, 6.45) is -7.36. The van der Waals surface area contributed by atoms with Crippen LogP contribution in [-0.4, -0.2) is 65.7 Å². The second-order valence-corrected chi connectivity index (χ2v) is 16.3. The molecule has 1 saturated heterocycles. The first-order chi connectivity index (χ1) is 30.8. The van der Waals surface area contributed by atoms with Gasteiger partial charge in [-0.2, -0.15) is 0 Å². The number of nitrogens with zero attached hydrogens (tertiary/aromatic N) is 3. The van der Waals surface area contributed by atoms with E-state index in [2.05, 4.69) is 0 Å². The molecule has 1 aliphatic rings. The smallest absolute Gasteiger partial charge is 0.338 e. The van der Waals surface area contributed by atoms with E-state index >= 15 is 0 Å². The minimum atomic E-state index is -1.56. The van der Waals surface area contributed by atoms with Crippen molar-refractivity contribution in [2.75, 3.05) is 6.61 Å². The number of aryl methyl sites for hydroxylation is 1.